The highest BCUT2D eigenvalue weighted by molar-refractivity contribution is 5.65. The fourth-order valence-corrected chi connectivity index (χ4v) is 2.34. The van der Waals surface area contributed by atoms with Crippen LogP contribution in [0.2, 0.25) is 0 Å². The average Bonchev–Trinajstić information content (AvgIpc) is 2.40. The van der Waals surface area contributed by atoms with Crippen LogP contribution < -0.4 is 5.73 Å². The number of ether oxygens (including phenoxy) is 1. The zero-order valence-corrected chi connectivity index (χ0v) is 11.8. The van der Waals surface area contributed by atoms with E-state index in [2.05, 4.69) is 13.0 Å². The van der Waals surface area contributed by atoms with E-state index in [9.17, 15) is 4.79 Å². The summed E-state index contributed by atoms with van der Waals surface area (Å²) in [5, 5.41) is 0. The fourth-order valence-electron chi connectivity index (χ4n) is 2.34. The highest BCUT2D eigenvalue weighted by Gasteiger charge is 2.18. The molecular weight excluding hydrogens is 250 g/mol. The summed E-state index contributed by atoms with van der Waals surface area (Å²) in [6.07, 6.45) is -0.470. The van der Waals surface area contributed by atoms with Crippen LogP contribution >= 0.6 is 0 Å². The first-order valence-corrected chi connectivity index (χ1v) is 6.64. The molecule has 1 amide bonds. The number of carbonyl (C=O) groups excluding carboxylic acids is 1. The van der Waals surface area contributed by atoms with Crippen molar-refractivity contribution in [3.05, 3.63) is 70.8 Å². The van der Waals surface area contributed by atoms with E-state index in [0.717, 1.165) is 16.7 Å². The molecule has 2 aromatic carbocycles. The molecule has 0 aliphatic heterocycles. The molecule has 0 spiro atoms. The first kappa shape index (κ1) is 14.1. The van der Waals surface area contributed by atoms with Crippen LogP contribution in [0.3, 0.4) is 0 Å². The maximum atomic E-state index is 11.2. The highest BCUT2D eigenvalue weighted by atomic mass is 16.6. The molecule has 0 aliphatic carbocycles. The number of benzene rings is 2. The van der Waals surface area contributed by atoms with Crippen LogP contribution in [0.5, 0.6) is 0 Å². The molecule has 2 aromatic rings. The molecule has 0 radical (unpaired) electrons. The lowest BCUT2D eigenvalue weighted by Gasteiger charge is -2.20. The number of hydrogen-bond acceptors (Lipinski definition) is 2. The summed E-state index contributed by atoms with van der Waals surface area (Å²) < 4.78 is 5.32. The predicted octanol–water partition coefficient (Wildman–Crippen LogP) is 3.68. The van der Waals surface area contributed by atoms with Crippen molar-refractivity contribution in [2.24, 2.45) is 5.73 Å². The van der Waals surface area contributed by atoms with E-state index in [1.54, 1.807) is 0 Å². The quantitative estimate of drug-likeness (QED) is 0.920. The van der Waals surface area contributed by atoms with Crippen LogP contribution in [0.4, 0.5) is 4.79 Å². The Hall–Kier alpha value is -2.29. The largest absolute Gasteiger partial charge is 0.441 e. The summed E-state index contributed by atoms with van der Waals surface area (Å²) in [7, 11) is 0. The summed E-state index contributed by atoms with van der Waals surface area (Å²) in [5.74, 6) is 0. The SMILES string of the molecule is Cc1ccccc1CC(OC(N)=O)c1ccccc1C. The van der Waals surface area contributed by atoms with Gasteiger partial charge in [0.25, 0.3) is 0 Å². The number of carbonyl (C=O) groups is 1. The Morgan fingerprint density at radius 3 is 2.25 bits per heavy atom. The number of nitrogens with two attached hydrogens (primary N) is 1. The lowest BCUT2D eigenvalue weighted by molar-refractivity contribution is 0.106. The van der Waals surface area contributed by atoms with E-state index in [4.69, 9.17) is 10.5 Å². The van der Waals surface area contributed by atoms with Crippen LogP contribution in [0.15, 0.2) is 48.5 Å². The zero-order chi connectivity index (χ0) is 14.5. The maximum Gasteiger partial charge on any atom is 0.405 e. The molecule has 0 bridgehead atoms. The molecule has 20 heavy (non-hydrogen) atoms. The summed E-state index contributed by atoms with van der Waals surface area (Å²) in [6.45, 7) is 4.05. The number of hydrogen-bond donors (Lipinski definition) is 1. The normalized spacial score (nSPS) is 11.9. The fraction of sp³-hybridized carbons (Fsp3) is 0.235. The van der Waals surface area contributed by atoms with Crippen LogP contribution in [0.25, 0.3) is 0 Å². The monoisotopic (exact) mass is 269 g/mol. The molecule has 0 saturated carbocycles. The van der Waals surface area contributed by atoms with Gasteiger partial charge in [0, 0.05) is 6.42 Å². The zero-order valence-electron chi connectivity index (χ0n) is 11.8. The third kappa shape index (κ3) is 3.38. The van der Waals surface area contributed by atoms with E-state index in [-0.39, 0.29) is 6.10 Å². The van der Waals surface area contributed by atoms with Crippen molar-refractivity contribution in [2.75, 3.05) is 0 Å². The highest BCUT2D eigenvalue weighted by Crippen LogP contribution is 2.26. The first-order valence-electron chi connectivity index (χ1n) is 6.64. The Kier molecular flexibility index (Phi) is 4.41. The summed E-state index contributed by atoms with van der Waals surface area (Å²) in [4.78, 5) is 11.2. The van der Waals surface area contributed by atoms with Crippen molar-refractivity contribution in [2.45, 2.75) is 26.4 Å². The minimum Gasteiger partial charge on any atom is -0.441 e. The van der Waals surface area contributed by atoms with Crippen LogP contribution in [-0.2, 0) is 11.2 Å². The van der Waals surface area contributed by atoms with E-state index < -0.39 is 6.09 Å². The molecule has 0 aliphatic rings. The Bertz CT molecular complexity index is 607. The molecule has 0 saturated heterocycles. The summed E-state index contributed by atoms with van der Waals surface area (Å²) in [5.41, 5.74) is 9.63. The van der Waals surface area contributed by atoms with E-state index in [1.165, 1.54) is 5.56 Å². The second-order valence-corrected chi connectivity index (χ2v) is 4.91. The van der Waals surface area contributed by atoms with Crippen LogP contribution in [0, 0.1) is 13.8 Å². The lowest BCUT2D eigenvalue weighted by atomic mass is 9.95. The molecular formula is C17H19NO2. The smallest absolute Gasteiger partial charge is 0.405 e. The molecule has 0 aromatic heterocycles. The van der Waals surface area contributed by atoms with Crippen LogP contribution in [-0.4, -0.2) is 6.09 Å². The molecule has 1 unspecified atom stereocenters. The summed E-state index contributed by atoms with van der Waals surface area (Å²) >= 11 is 0. The van der Waals surface area contributed by atoms with Gasteiger partial charge in [-0.15, -0.1) is 0 Å². The van der Waals surface area contributed by atoms with Gasteiger partial charge >= 0.3 is 6.09 Å². The van der Waals surface area contributed by atoms with Gasteiger partial charge in [0.15, 0.2) is 0 Å². The molecule has 104 valence electrons. The number of amides is 1. The third-order valence-corrected chi connectivity index (χ3v) is 3.46. The number of rotatable bonds is 4. The lowest BCUT2D eigenvalue weighted by Crippen LogP contribution is -2.19. The third-order valence-electron chi connectivity index (χ3n) is 3.46. The van der Waals surface area contributed by atoms with E-state index in [0.29, 0.717) is 6.42 Å². The van der Waals surface area contributed by atoms with E-state index >= 15 is 0 Å². The Morgan fingerprint density at radius 2 is 1.65 bits per heavy atom. The van der Waals surface area contributed by atoms with Crippen molar-refractivity contribution in [3.63, 3.8) is 0 Å². The maximum absolute atomic E-state index is 11.2. The van der Waals surface area contributed by atoms with Crippen molar-refractivity contribution >= 4 is 6.09 Å². The predicted molar refractivity (Wildman–Crippen MR) is 79.5 cm³/mol. The standard InChI is InChI=1S/C17H19NO2/c1-12-7-3-5-9-14(12)11-16(20-17(18)19)15-10-6-4-8-13(15)2/h3-10,16H,11H2,1-2H3,(H2,18,19). The van der Waals surface area contributed by atoms with Gasteiger partial charge in [0.2, 0.25) is 0 Å². The van der Waals surface area contributed by atoms with Gasteiger partial charge < -0.3 is 10.5 Å². The van der Waals surface area contributed by atoms with Gasteiger partial charge in [0.1, 0.15) is 6.10 Å². The topological polar surface area (TPSA) is 52.3 Å². The number of aryl methyl sites for hydroxylation is 2. The van der Waals surface area contributed by atoms with Gasteiger partial charge in [-0.3, -0.25) is 0 Å². The molecule has 3 nitrogen and oxygen atoms in total. The first-order chi connectivity index (χ1) is 9.58. The van der Waals surface area contributed by atoms with Gasteiger partial charge in [-0.1, -0.05) is 48.5 Å². The van der Waals surface area contributed by atoms with E-state index in [1.807, 2.05) is 49.4 Å². The van der Waals surface area contributed by atoms with Crippen molar-refractivity contribution in [1.29, 1.82) is 0 Å². The van der Waals surface area contributed by atoms with Crippen molar-refractivity contribution in [1.82, 2.24) is 0 Å². The van der Waals surface area contributed by atoms with Gasteiger partial charge in [0.05, 0.1) is 0 Å². The summed E-state index contributed by atoms with van der Waals surface area (Å²) in [6, 6.07) is 16.0. The minimum absolute atomic E-state index is 0.352. The van der Waals surface area contributed by atoms with Gasteiger partial charge in [-0.05, 0) is 36.1 Å². The molecule has 1 atom stereocenters. The minimum atomic E-state index is -0.744. The molecule has 2 rings (SSSR count). The van der Waals surface area contributed by atoms with Crippen molar-refractivity contribution in [3.8, 4) is 0 Å². The second-order valence-electron chi connectivity index (χ2n) is 4.91. The number of primary amides is 1. The Balaban J connectivity index is 2.32. The molecule has 3 heteroatoms. The molecule has 0 heterocycles. The Morgan fingerprint density at radius 1 is 1.05 bits per heavy atom. The van der Waals surface area contributed by atoms with Crippen molar-refractivity contribution < 1.29 is 9.53 Å². The Labute approximate surface area is 119 Å². The molecule has 2 N–H and O–H groups in total. The molecule has 0 fully saturated rings. The second kappa shape index (κ2) is 6.24. The van der Waals surface area contributed by atoms with Gasteiger partial charge in [-0.2, -0.15) is 0 Å². The van der Waals surface area contributed by atoms with Crippen LogP contribution in [0.1, 0.15) is 28.4 Å². The average molecular weight is 269 g/mol. The van der Waals surface area contributed by atoms with Gasteiger partial charge in [-0.25, -0.2) is 4.79 Å².